The van der Waals surface area contributed by atoms with Crippen molar-refractivity contribution in [3.8, 4) is 0 Å². The zero-order valence-corrected chi connectivity index (χ0v) is 9.34. The van der Waals surface area contributed by atoms with Gasteiger partial charge in [0, 0.05) is 13.0 Å². The lowest BCUT2D eigenvalue weighted by molar-refractivity contribution is -0.215. The fourth-order valence-corrected chi connectivity index (χ4v) is 1.61. The molecule has 0 heterocycles. The highest BCUT2D eigenvalue weighted by molar-refractivity contribution is 5.85. The second-order valence-electron chi connectivity index (χ2n) is 4.29. The third-order valence-corrected chi connectivity index (χ3v) is 2.94. The minimum Gasteiger partial charge on any atom is -0.383 e. The summed E-state index contributed by atoms with van der Waals surface area (Å²) in [6.07, 6.45) is 0.566. The van der Waals surface area contributed by atoms with E-state index in [1.165, 1.54) is 0 Å². The van der Waals surface area contributed by atoms with Gasteiger partial charge in [0.1, 0.15) is 5.60 Å². The molecule has 1 aliphatic rings. The molecule has 0 atom stereocenters. The number of alkyl halides is 2. The zero-order chi connectivity index (χ0) is 13.1. The minimum atomic E-state index is -3.78. The highest BCUT2D eigenvalue weighted by Gasteiger charge is 2.60. The van der Waals surface area contributed by atoms with Gasteiger partial charge >= 0.3 is 5.92 Å². The van der Waals surface area contributed by atoms with Crippen molar-refractivity contribution in [3.05, 3.63) is 0 Å². The van der Waals surface area contributed by atoms with E-state index in [0.717, 1.165) is 0 Å². The average molecular weight is 250 g/mol. The molecule has 0 unspecified atom stereocenters. The van der Waals surface area contributed by atoms with Crippen LogP contribution in [0.1, 0.15) is 32.1 Å². The molecule has 0 aromatic carbocycles. The number of halogens is 2. The van der Waals surface area contributed by atoms with Gasteiger partial charge in [-0.25, -0.2) is 0 Å². The van der Waals surface area contributed by atoms with Gasteiger partial charge in [0.25, 0.3) is 5.91 Å². The molecule has 0 bridgehead atoms. The lowest BCUT2D eigenvalue weighted by atomic mass is 9.75. The van der Waals surface area contributed by atoms with Gasteiger partial charge in [-0.2, -0.15) is 8.78 Å². The molecule has 7 heteroatoms. The van der Waals surface area contributed by atoms with Crippen LogP contribution in [0.5, 0.6) is 0 Å². The SMILES string of the molecule is NC(=O)CCCNC(=O)C(F)(F)C1(O)CCC1. The number of carbonyl (C=O) groups excluding carboxylic acids is 2. The van der Waals surface area contributed by atoms with Crippen molar-refractivity contribution in [1.29, 1.82) is 0 Å². The number of hydrogen-bond donors (Lipinski definition) is 3. The number of nitrogens with two attached hydrogens (primary N) is 1. The maximum Gasteiger partial charge on any atom is 0.352 e. The largest absolute Gasteiger partial charge is 0.383 e. The van der Waals surface area contributed by atoms with E-state index in [-0.39, 0.29) is 32.2 Å². The average Bonchev–Trinajstić information content (AvgIpc) is 2.19. The first-order chi connectivity index (χ1) is 7.79. The molecule has 0 aromatic heterocycles. The fourth-order valence-electron chi connectivity index (χ4n) is 1.61. The molecular weight excluding hydrogens is 234 g/mol. The third-order valence-electron chi connectivity index (χ3n) is 2.94. The highest BCUT2D eigenvalue weighted by Crippen LogP contribution is 2.44. The summed E-state index contributed by atoms with van der Waals surface area (Å²) in [5.74, 6) is -5.83. The molecule has 1 rings (SSSR count). The molecule has 0 spiro atoms. The van der Waals surface area contributed by atoms with Crippen LogP contribution >= 0.6 is 0 Å². The lowest BCUT2D eigenvalue weighted by Gasteiger charge is -2.41. The Balaban J connectivity index is 2.38. The van der Waals surface area contributed by atoms with Gasteiger partial charge in [0.15, 0.2) is 0 Å². The second-order valence-corrected chi connectivity index (χ2v) is 4.29. The smallest absolute Gasteiger partial charge is 0.352 e. The third kappa shape index (κ3) is 2.91. The first-order valence-corrected chi connectivity index (χ1v) is 5.46. The summed E-state index contributed by atoms with van der Waals surface area (Å²) in [6, 6.07) is 0. The van der Waals surface area contributed by atoms with Crippen LogP contribution < -0.4 is 11.1 Å². The van der Waals surface area contributed by atoms with Gasteiger partial charge in [0.2, 0.25) is 5.91 Å². The highest BCUT2D eigenvalue weighted by atomic mass is 19.3. The van der Waals surface area contributed by atoms with Gasteiger partial charge in [-0.15, -0.1) is 0 Å². The van der Waals surface area contributed by atoms with Crippen LogP contribution in [0.15, 0.2) is 0 Å². The van der Waals surface area contributed by atoms with Gasteiger partial charge in [-0.05, 0) is 25.7 Å². The Kier molecular flexibility index (Phi) is 4.03. The lowest BCUT2D eigenvalue weighted by Crippen LogP contribution is -2.60. The van der Waals surface area contributed by atoms with Crippen LogP contribution in [0.25, 0.3) is 0 Å². The molecule has 98 valence electrons. The number of hydrogen-bond acceptors (Lipinski definition) is 3. The summed E-state index contributed by atoms with van der Waals surface area (Å²) in [5, 5.41) is 11.5. The van der Waals surface area contributed by atoms with Crippen molar-refractivity contribution in [2.75, 3.05) is 6.54 Å². The number of aliphatic hydroxyl groups is 1. The monoisotopic (exact) mass is 250 g/mol. The van der Waals surface area contributed by atoms with Crippen molar-refractivity contribution >= 4 is 11.8 Å². The first kappa shape index (κ1) is 13.8. The Bertz CT molecular complexity index is 317. The van der Waals surface area contributed by atoms with E-state index in [9.17, 15) is 23.5 Å². The molecule has 1 fully saturated rings. The minimum absolute atomic E-state index is 0.0239. The summed E-state index contributed by atoms with van der Waals surface area (Å²) in [7, 11) is 0. The van der Waals surface area contributed by atoms with E-state index in [1.807, 2.05) is 5.32 Å². The van der Waals surface area contributed by atoms with Crippen LogP contribution in [0.2, 0.25) is 0 Å². The topological polar surface area (TPSA) is 92.4 Å². The van der Waals surface area contributed by atoms with Crippen molar-refractivity contribution in [2.24, 2.45) is 5.73 Å². The Hall–Kier alpha value is -1.24. The fraction of sp³-hybridized carbons (Fsp3) is 0.800. The zero-order valence-electron chi connectivity index (χ0n) is 9.34. The van der Waals surface area contributed by atoms with Crippen molar-refractivity contribution in [3.63, 3.8) is 0 Å². The summed E-state index contributed by atoms with van der Waals surface area (Å²) >= 11 is 0. The molecule has 5 nitrogen and oxygen atoms in total. The number of amides is 2. The van der Waals surface area contributed by atoms with Crippen LogP contribution in [0, 0.1) is 0 Å². The van der Waals surface area contributed by atoms with Gasteiger partial charge in [0.05, 0.1) is 0 Å². The Labute approximate surface area is 97.4 Å². The molecule has 1 saturated carbocycles. The van der Waals surface area contributed by atoms with E-state index in [1.54, 1.807) is 0 Å². The molecule has 0 saturated heterocycles. The van der Waals surface area contributed by atoms with E-state index in [2.05, 4.69) is 0 Å². The standard InChI is InChI=1S/C10H16F2N2O3/c11-10(12,9(17)4-2-5-9)8(16)14-6-1-3-7(13)15/h17H,1-6H2,(H2,13,15)(H,14,16). The predicted octanol–water partition coefficient (Wildman–Crippen LogP) is -0.0816. The van der Waals surface area contributed by atoms with E-state index in [4.69, 9.17) is 5.73 Å². The molecule has 1 aliphatic carbocycles. The van der Waals surface area contributed by atoms with E-state index >= 15 is 0 Å². The number of primary amides is 1. The van der Waals surface area contributed by atoms with Gasteiger partial charge in [-0.1, -0.05) is 0 Å². The summed E-state index contributed by atoms with van der Waals surface area (Å²) < 4.78 is 27.0. The molecule has 4 N–H and O–H groups in total. The quantitative estimate of drug-likeness (QED) is 0.575. The second kappa shape index (κ2) is 4.95. The molecular formula is C10H16F2N2O3. The number of rotatable bonds is 6. The maximum absolute atomic E-state index is 13.5. The summed E-state index contributed by atoms with van der Waals surface area (Å²) in [6.45, 7) is -0.0621. The van der Waals surface area contributed by atoms with Crippen LogP contribution in [0.3, 0.4) is 0 Å². The molecule has 0 aromatic rings. The maximum atomic E-state index is 13.5. The van der Waals surface area contributed by atoms with Crippen LogP contribution in [-0.2, 0) is 9.59 Å². The van der Waals surface area contributed by atoms with Gasteiger partial charge < -0.3 is 16.2 Å². The predicted molar refractivity (Wildman–Crippen MR) is 55.2 cm³/mol. The molecule has 2 amide bonds. The van der Waals surface area contributed by atoms with Gasteiger partial charge in [-0.3, -0.25) is 9.59 Å². The normalized spacial score (nSPS) is 18.3. The van der Waals surface area contributed by atoms with Crippen molar-refractivity contribution in [1.82, 2.24) is 5.32 Å². The summed E-state index contributed by atoms with van der Waals surface area (Å²) in [5.41, 5.74) is 2.65. The van der Waals surface area contributed by atoms with Crippen LogP contribution in [0.4, 0.5) is 8.78 Å². The molecule has 0 radical (unpaired) electrons. The first-order valence-electron chi connectivity index (χ1n) is 5.46. The number of nitrogens with one attached hydrogen (secondary N) is 1. The van der Waals surface area contributed by atoms with E-state index < -0.39 is 23.3 Å². The van der Waals surface area contributed by atoms with Crippen molar-refractivity contribution < 1.29 is 23.5 Å². The van der Waals surface area contributed by atoms with E-state index in [0.29, 0.717) is 6.42 Å². The summed E-state index contributed by atoms with van der Waals surface area (Å²) in [4.78, 5) is 21.6. The molecule has 17 heavy (non-hydrogen) atoms. The van der Waals surface area contributed by atoms with Crippen molar-refractivity contribution in [2.45, 2.75) is 43.6 Å². The Morgan fingerprint density at radius 1 is 1.41 bits per heavy atom. The van der Waals surface area contributed by atoms with Crippen LogP contribution in [-0.4, -0.2) is 35.0 Å². The molecule has 0 aliphatic heterocycles. The Morgan fingerprint density at radius 2 is 2.00 bits per heavy atom. The Morgan fingerprint density at radius 3 is 2.41 bits per heavy atom. The number of carbonyl (C=O) groups is 2.